The summed E-state index contributed by atoms with van der Waals surface area (Å²) in [4.78, 5) is 55.7. The van der Waals surface area contributed by atoms with Crippen molar-refractivity contribution in [1.29, 1.82) is 0 Å². The maximum Gasteiger partial charge on any atom is 0.421 e. The van der Waals surface area contributed by atoms with Crippen LogP contribution in [0.3, 0.4) is 0 Å². The first kappa shape index (κ1) is 31.7. The first-order valence-corrected chi connectivity index (χ1v) is 16.3. The van der Waals surface area contributed by atoms with E-state index in [-0.39, 0.29) is 52.9 Å². The van der Waals surface area contributed by atoms with Gasteiger partial charge in [-0.1, -0.05) is 29.3 Å². The Bertz CT molecular complexity index is 1680. The van der Waals surface area contributed by atoms with E-state index in [2.05, 4.69) is 0 Å². The second-order valence-electron chi connectivity index (χ2n) is 12.2. The van der Waals surface area contributed by atoms with Crippen LogP contribution in [0.4, 0.5) is 10.5 Å². The van der Waals surface area contributed by atoms with Gasteiger partial charge in [-0.25, -0.2) is 18.1 Å². The molecule has 2 aliphatic heterocycles. The zero-order valence-corrected chi connectivity index (χ0v) is 26.8. The summed E-state index contributed by atoms with van der Waals surface area (Å²) in [5, 5.41) is 0.227. The maximum absolute atomic E-state index is 14.9. The van der Waals surface area contributed by atoms with E-state index in [0.717, 1.165) is 10.5 Å². The van der Waals surface area contributed by atoms with E-state index in [1.54, 1.807) is 39.8 Å². The number of nitrogens with zero attached hydrogens (tertiary/aromatic N) is 2. The van der Waals surface area contributed by atoms with Gasteiger partial charge in [0.25, 0.3) is 10.0 Å². The summed E-state index contributed by atoms with van der Waals surface area (Å²) in [5.41, 5.74) is -0.674. The number of hydrogen-bond donors (Lipinski definition) is 0. The number of esters is 1. The Kier molecular flexibility index (Phi) is 8.17. The van der Waals surface area contributed by atoms with Gasteiger partial charge < -0.3 is 14.3 Å². The summed E-state index contributed by atoms with van der Waals surface area (Å²) in [6.07, 6.45) is -0.384. The highest BCUT2D eigenvalue weighted by Crippen LogP contribution is 2.61. The van der Waals surface area contributed by atoms with Crippen LogP contribution in [0.1, 0.15) is 58.1 Å². The van der Waals surface area contributed by atoms with Gasteiger partial charge in [0.1, 0.15) is 11.9 Å². The van der Waals surface area contributed by atoms with Gasteiger partial charge in [0, 0.05) is 29.6 Å². The van der Waals surface area contributed by atoms with Crippen molar-refractivity contribution < 1.29 is 37.1 Å². The third-order valence-electron chi connectivity index (χ3n) is 8.42. The molecule has 5 rings (SSSR count). The second kappa shape index (κ2) is 11.3. The molecule has 44 heavy (non-hydrogen) atoms. The molecule has 2 aromatic rings. The molecule has 2 aromatic carbocycles. The number of fused-ring (bicyclic) bond motifs is 2. The molecule has 3 aliphatic rings. The summed E-state index contributed by atoms with van der Waals surface area (Å²) in [6.45, 7) is 8.54. The van der Waals surface area contributed by atoms with Gasteiger partial charge in [-0.15, -0.1) is 0 Å². The minimum absolute atomic E-state index is 0.0106. The Morgan fingerprint density at radius 1 is 1.14 bits per heavy atom. The van der Waals surface area contributed by atoms with Crippen molar-refractivity contribution in [3.05, 3.63) is 69.9 Å². The summed E-state index contributed by atoms with van der Waals surface area (Å²) >= 11 is 6.48. The number of carbonyl (C=O) groups excluding carboxylic acids is 4. The van der Waals surface area contributed by atoms with Gasteiger partial charge in [0.2, 0.25) is 5.91 Å². The van der Waals surface area contributed by atoms with E-state index in [0.29, 0.717) is 18.3 Å². The second-order valence-corrected chi connectivity index (χ2v) is 14.5. The number of sulfonamides is 1. The van der Waals surface area contributed by atoms with Gasteiger partial charge in [-0.2, -0.15) is 0 Å². The van der Waals surface area contributed by atoms with Crippen LogP contribution in [0.5, 0.6) is 0 Å². The number of benzene rings is 2. The predicted molar refractivity (Wildman–Crippen MR) is 162 cm³/mol. The topological polar surface area (TPSA) is 127 Å². The average molecular weight is 643 g/mol. The molecule has 1 spiro atoms. The quantitative estimate of drug-likeness (QED) is 0.307. The van der Waals surface area contributed by atoms with Crippen molar-refractivity contribution in [2.24, 2.45) is 11.8 Å². The van der Waals surface area contributed by atoms with Gasteiger partial charge in [-0.05, 0) is 88.9 Å². The third kappa shape index (κ3) is 4.99. The number of carbonyl (C=O) groups is 4. The number of amides is 2. The fourth-order valence-corrected chi connectivity index (χ4v) is 8.51. The average Bonchev–Trinajstić information content (AvgIpc) is 3.47. The monoisotopic (exact) mass is 642 g/mol. The Labute approximate surface area is 262 Å². The van der Waals surface area contributed by atoms with Crippen LogP contribution in [0.15, 0.2) is 58.6 Å². The third-order valence-corrected chi connectivity index (χ3v) is 10.5. The number of rotatable bonds is 6. The highest BCUT2D eigenvalue weighted by Gasteiger charge is 2.67. The van der Waals surface area contributed by atoms with Crippen LogP contribution in [0, 0.1) is 18.8 Å². The van der Waals surface area contributed by atoms with E-state index >= 15 is 0 Å². The smallest absolute Gasteiger partial charge is 0.421 e. The molecular weight excluding hydrogens is 608 g/mol. The Hall–Kier alpha value is -3.70. The lowest BCUT2D eigenvalue weighted by Crippen LogP contribution is -2.58. The molecule has 0 N–H and O–H groups in total. The number of hydrogen-bond acceptors (Lipinski definition) is 8. The van der Waals surface area contributed by atoms with Crippen molar-refractivity contribution >= 4 is 51.6 Å². The van der Waals surface area contributed by atoms with Crippen molar-refractivity contribution in [2.75, 3.05) is 18.1 Å². The zero-order valence-electron chi connectivity index (χ0n) is 25.3. The highest BCUT2D eigenvalue weighted by atomic mass is 35.5. The van der Waals surface area contributed by atoms with Crippen molar-refractivity contribution in [2.45, 2.75) is 69.8 Å². The Balaban J connectivity index is 1.78. The van der Waals surface area contributed by atoms with Crippen LogP contribution >= 0.6 is 11.6 Å². The fraction of sp³-hybridized carbons (Fsp3) is 0.438. The van der Waals surface area contributed by atoms with E-state index in [1.165, 1.54) is 34.6 Å². The van der Waals surface area contributed by atoms with E-state index in [9.17, 15) is 27.6 Å². The highest BCUT2D eigenvalue weighted by molar-refractivity contribution is 7.89. The molecule has 234 valence electrons. The maximum atomic E-state index is 14.9. The molecule has 0 saturated carbocycles. The van der Waals surface area contributed by atoms with Crippen LogP contribution in [-0.4, -0.2) is 55.7 Å². The van der Waals surface area contributed by atoms with Crippen LogP contribution < -0.4 is 4.90 Å². The van der Waals surface area contributed by atoms with Gasteiger partial charge in [0.15, 0.2) is 0 Å². The van der Waals surface area contributed by atoms with Crippen molar-refractivity contribution in [3.63, 3.8) is 0 Å². The SMILES string of the molecule is CCOC(=O)[C@H]1CC2=C([C@H](CC=O)[C@@]13C(=O)N(C(=O)OC(C)(C)C)c1ccc(Cl)cc13)N(S(=O)(=O)c1ccc(C)cc1)CC2. The lowest BCUT2D eigenvalue weighted by atomic mass is 9.56. The minimum Gasteiger partial charge on any atom is -0.466 e. The molecular formula is C32H35ClN2O8S. The number of allylic oxidation sites excluding steroid dienone is 1. The fourth-order valence-electron chi connectivity index (χ4n) is 6.75. The minimum atomic E-state index is -4.13. The molecule has 12 heteroatoms. The van der Waals surface area contributed by atoms with Crippen LogP contribution in [0.25, 0.3) is 0 Å². The van der Waals surface area contributed by atoms with E-state index in [1.807, 2.05) is 6.92 Å². The Morgan fingerprint density at radius 3 is 2.43 bits per heavy atom. The number of halogens is 1. The van der Waals surface area contributed by atoms with Gasteiger partial charge in [0.05, 0.1) is 28.5 Å². The number of imide groups is 1. The number of anilines is 1. The molecule has 0 fully saturated rings. The molecule has 2 heterocycles. The Morgan fingerprint density at radius 2 is 1.82 bits per heavy atom. The lowest BCUT2D eigenvalue weighted by molar-refractivity contribution is -0.155. The molecule has 0 bridgehead atoms. The van der Waals surface area contributed by atoms with Crippen molar-refractivity contribution in [3.8, 4) is 0 Å². The summed E-state index contributed by atoms with van der Waals surface area (Å²) in [6, 6.07) is 10.9. The predicted octanol–water partition coefficient (Wildman–Crippen LogP) is 5.30. The molecule has 1 aliphatic carbocycles. The van der Waals surface area contributed by atoms with Crippen LogP contribution in [0.2, 0.25) is 5.02 Å². The van der Waals surface area contributed by atoms with Crippen molar-refractivity contribution in [1.82, 2.24) is 4.31 Å². The first-order valence-electron chi connectivity index (χ1n) is 14.5. The molecule has 10 nitrogen and oxygen atoms in total. The molecule has 0 saturated heterocycles. The lowest BCUT2D eigenvalue weighted by Gasteiger charge is -2.46. The number of aryl methyl sites for hydroxylation is 1. The summed E-state index contributed by atoms with van der Waals surface area (Å²) < 4.78 is 40.6. The number of ether oxygens (including phenoxy) is 2. The summed E-state index contributed by atoms with van der Waals surface area (Å²) in [7, 11) is -4.13. The summed E-state index contributed by atoms with van der Waals surface area (Å²) in [5.74, 6) is -3.82. The molecule has 0 unspecified atom stereocenters. The molecule has 0 aromatic heterocycles. The molecule has 2 amide bonds. The first-order chi connectivity index (χ1) is 20.7. The largest absolute Gasteiger partial charge is 0.466 e. The van der Waals surface area contributed by atoms with Gasteiger partial charge >= 0.3 is 12.1 Å². The molecule has 3 atom stereocenters. The number of aldehydes is 1. The van der Waals surface area contributed by atoms with Gasteiger partial charge in [-0.3, -0.25) is 13.9 Å². The van der Waals surface area contributed by atoms with Crippen LogP contribution in [-0.2, 0) is 39.3 Å². The standard InChI is InChI=1S/C32H35ClN2O8S/c1-6-42-28(37)25-17-20-13-15-34(44(40,41)22-10-7-19(2)8-11-22)27(20)23(14-16-36)32(25)24-18-21(33)9-12-26(24)35(29(32)38)30(39)43-31(3,4)5/h7-12,16,18,23,25H,6,13-15,17H2,1-5H3/t23-,25+,32-/m0/s1. The normalized spacial score (nSPS) is 23.1. The molecule has 0 radical (unpaired) electrons. The zero-order chi connectivity index (χ0) is 32.2. The van der Waals surface area contributed by atoms with E-state index in [4.69, 9.17) is 21.1 Å². The van der Waals surface area contributed by atoms with E-state index < -0.39 is 50.8 Å².